The minimum atomic E-state index is -0.335. The average molecular weight is 206 g/mol. The molecule has 4 nitrogen and oxygen atoms in total. The number of rotatable bonds is 2. The number of hydrogen-bond donors (Lipinski definition) is 1. The second-order valence-electron chi connectivity index (χ2n) is 3.33. The molecule has 0 bridgehead atoms. The summed E-state index contributed by atoms with van der Waals surface area (Å²) in [5.74, 6) is -0.335. The van der Waals surface area contributed by atoms with Crippen LogP contribution in [0.5, 0.6) is 0 Å². The fourth-order valence-corrected chi connectivity index (χ4v) is 1.24. The van der Waals surface area contributed by atoms with E-state index < -0.39 is 0 Å². The molecule has 0 radical (unpaired) electrons. The van der Waals surface area contributed by atoms with Crippen molar-refractivity contribution in [2.45, 2.75) is 13.0 Å². The molecule has 1 aromatic carbocycles. The van der Waals surface area contributed by atoms with E-state index in [9.17, 15) is 4.39 Å². The molecule has 2 N–H and O–H groups in total. The van der Waals surface area contributed by atoms with Gasteiger partial charge in [0.1, 0.15) is 11.5 Å². The molecule has 1 atom stereocenters. The molecule has 1 aromatic heterocycles. The van der Waals surface area contributed by atoms with E-state index in [0.717, 1.165) is 0 Å². The van der Waals surface area contributed by atoms with Crippen LogP contribution in [0.25, 0.3) is 5.69 Å². The quantitative estimate of drug-likeness (QED) is 0.808. The molecule has 0 saturated carbocycles. The summed E-state index contributed by atoms with van der Waals surface area (Å²) >= 11 is 0. The maximum Gasteiger partial charge on any atom is 0.148 e. The molecule has 2 rings (SSSR count). The van der Waals surface area contributed by atoms with Crippen molar-refractivity contribution < 1.29 is 4.39 Å². The van der Waals surface area contributed by atoms with E-state index in [1.807, 2.05) is 0 Å². The first-order valence-electron chi connectivity index (χ1n) is 4.61. The fourth-order valence-electron chi connectivity index (χ4n) is 1.24. The lowest BCUT2D eigenvalue weighted by atomic mass is 10.3. The Morgan fingerprint density at radius 2 is 2.13 bits per heavy atom. The third-order valence-corrected chi connectivity index (χ3v) is 2.08. The van der Waals surface area contributed by atoms with Gasteiger partial charge < -0.3 is 5.73 Å². The molecule has 0 saturated heterocycles. The fraction of sp³-hybridized carbons (Fsp3) is 0.200. The Morgan fingerprint density at radius 1 is 1.40 bits per heavy atom. The molecule has 1 unspecified atom stereocenters. The first kappa shape index (κ1) is 9.79. The van der Waals surface area contributed by atoms with Gasteiger partial charge >= 0.3 is 0 Å². The highest BCUT2D eigenvalue weighted by Gasteiger charge is 2.08. The summed E-state index contributed by atoms with van der Waals surface area (Å²) in [5.41, 5.74) is 6.64. The van der Waals surface area contributed by atoms with Crippen LogP contribution < -0.4 is 5.73 Å². The smallest absolute Gasteiger partial charge is 0.148 e. The van der Waals surface area contributed by atoms with Gasteiger partial charge in [0.2, 0.25) is 0 Å². The maximum absolute atomic E-state index is 13.4. The van der Waals surface area contributed by atoms with Gasteiger partial charge in [0.15, 0.2) is 0 Å². The van der Waals surface area contributed by atoms with Crippen molar-refractivity contribution in [3.05, 3.63) is 42.0 Å². The van der Waals surface area contributed by atoms with Gasteiger partial charge in [-0.15, -0.1) is 5.10 Å². The predicted octanol–water partition coefficient (Wildman–Crippen LogP) is 1.43. The second kappa shape index (κ2) is 3.78. The van der Waals surface area contributed by atoms with E-state index in [-0.39, 0.29) is 11.9 Å². The number of nitrogens with two attached hydrogens (primary N) is 1. The van der Waals surface area contributed by atoms with E-state index in [1.54, 1.807) is 31.3 Å². The Morgan fingerprint density at radius 3 is 2.73 bits per heavy atom. The van der Waals surface area contributed by atoms with Crippen molar-refractivity contribution in [1.29, 1.82) is 0 Å². The van der Waals surface area contributed by atoms with E-state index in [2.05, 4.69) is 10.3 Å². The van der Waals surface area contributed by atoms with Crippen molar-refractivity contribution in [2.24, 2.45) is 5.73 Å². The molecule has 5 heteroatoms. The maximum atomic E-state index is 13.4. The lowest BCUT2D eigenvalue weighted by molar-refractivity contribution is 0.607. The molecule has 0 aliphatic carbocycles. The molecule has 0 amide bonds. The van der Waals surface area contributed by atoms with Crippen molar-refractivity contribution >= 4 is 0 Å². The Balaban J connectivity index is 2.42. The van der Waals surface area contributed by atoms with E-state index in [0.29, 0.717) is 11.4 Å². The molecular weight excluding hydrogens is 195 g/mol. The molecule has 0 aliphatic heterocycles. The first-order chi connectivity index (χ1) is 7.18. The van der Waals surface area contributed by atoms with Gasteiger partial charge in [-0.2, -0.15) is 0 Å². The van der Waals surface area contributed by atoms with Gasteiger partial charge in [-0.3, -0.25) is 0 Å². The summed E-state index contributed by atoms with van der Waals surface area (Å²) in [6, 6.07) is 6.18. The Labute approximate surface area is 86.5 Å². The normalized spacial score (nSPS) is 12.7. The second-order valence-corrected chi connectivity index (χ2v) is 3.33. The van der Waals surface area contributed by atoms with Crippen LogP contribution in [0.4, 0.5) is 4.39 Å². The number of hydrogen-bond acceptors (Lipinski definition) is 3. The minimum Gasteiger partial charge on any atom is -0.323 e. The summed E-state index contributed by atoms with van der Waals surface area (Å²) in [7, 11) is 0. The molecule has 0 fully saturated rings. The van der Waals surface area contributed by atoms with Crippen LogP contribution >= 0.6 is 0 Å². The van der Waals surface area contributed by atoms with Crippen molar-refractivity contribution in [3.63, 3.8) is 0 Å². The molecule has 1 heterocycles. The molecule has 0 spiro atoms. The molecule has 0 aliphatic rings. The molecule has 78 valence electrons. The highest BCUT2D eigenvalue weighted by molar-refractivity contribution is 5.32. The van der Waals surface area contributed by atoms with Crippen LogP contribution in [0.1, 0.15) is 18.7 Å². The summed E-state index contributed by atoms with van der Waals surface area (Å²) in [4.78, 5) is 0. The highest BCUT2D eigenvalue weighted by Crippen LogP contribution is 2.13. The lowest BCUT2D eigenvalue weighted by Crippen LogP contribution is -2.05. The third kappa shape index (κ3) is 1.87. The zero-order chi connectivity index (χ0) is 10.8. The topological polar surface area (TPSA) is 56.7 Å². The lowest BCUT2D eigenvalue weighted by Gasteiger charge is -2.00. The Bertz CT molecular complexity index is 464. The minimum absolute atomic E-state index is 0.203. The van der Waals surface area contributed by atoms with Crippen LogP contribution in [0.15, 0.2) is 30.5 Å². The van der Waals surface area contributed by atoms with E-state index in [1.165, 1.54) is 10.7 Å². The number of halogens is 1. The van der Waals surface area contributed by atoms with Crippen LogP contribution in [0.2, 0.25) is 0 Å². The van der Waals surface area contributed by atoms with Gasteiger partial charge in [-0.25, -0.2) is 9.07 Å². The average Bonchev–Trinajstić information content (AvgIpc) is 2.67. The van der Waals surface area contributed by atoms with Crippen LogP contribution in [0.3, 0.4) is 0 Å². The zero-order valence-electron chi connectivity index (χ0n) is 8.26. The van der Waals surface area contributed by atoms with Gasteiger partial charge in [-0.1, -0.05) is 17.3 Å². The van der Waals surface area contributed by atoms with Crippen molar-refractivity contribution in [3.8, 4) is 5.69 Å². The number of nitrogens with zero attached hydrogens (tertiary/aromatic N) is 3. The van der Waals surface area contributed by atoms with E-state index >= 15 is 0 Å². The van der Waals surface area contributed by atoms with Crippen LogP contribution in [-0.2, 0) is 0 Å². The summed E-state index contributed by atoms with van der Waals surface area (Å²) in [6.07, 6.45) is 1.63. The molecule has 15 heavy (non-hydrogen) atoms. The van der Waals surface area contributed by atoms with Crippen molar-refractivity contribution in [1.82, 2.24) is 15.0 Å². The van der Waals surface area contributed by atoms with E-state index in [4.69, 9.17) is 5.73 Å². The van der Waals surface area contributed by atoms with Gasteiger partial charge in [0.25, 0.3) is 0 Å². The Hall–Kier alpha value is -1.75. The zero-order valence-corrected chi connectivity index (χ0v) is 8.26. The summed E-state index contributed by atoms with van der Waals surface area (Å²) in [6.45, 7) is 1.80. The highest BCUT2D eigenvalue weighted by atomic mass is 19.1. The van der Waals surface area contributed by atoms with Gasteiger partial charge in [-0.05, 0) is 19.1 Å². The number of para-hydroxylation sites is 1. The molecular formula is C10H11FN4. The summed E-state index contributed by atoms with van der Waals surface area (Å²) < 4.78 is 14.7. The third-order valence-electron chi connectivity index (χ3n) is 2.08. The van der Waals surface area contributed by atoms with Gasteiger partial charge in [0.05, 0.1) is 11.9 Å². The van der Waals surface area contributed by atoms with Gasteiger partial charge in [0, 0.05) is 6.04 Å². The number of aromatic nitrogens is 3. The molecule has 2 aromatic rings. The van der Waals surface area contributed by atoms with Crippen LogP contribution in [-0.4, -0.2) is 15.0 Å². The standard InChI is InChI=1S/C10H11FN4/c1-7(12)9-6-15(14-13-9)10-5-3-2-4-8(10)11/h2-7H,12H2,1H3. The monoisotopic (exact) mass is 206 g/mol. The van der Waals surface area contributed by atoms with Crippen molar-refractivity contribution in [2.75, 3.05) is 0 Å². The predicted molar refractivity (Wildman–Crippen MR) is 53.9 cm³/mol. The SMILES string of the molecule is CC(N)c1cn(-c2ccccc2F)nn1. The largest absolute Gasteiger partial charge is 0.323 e. The van der Waals surface area contributed by atoms with Crippen LogP contribution in [0, 0.1) is 5.82 Å². The first-order valence-corrected chi connectivity index (χ1v) is 4.61. The summed E-state index contributed by atoms with van der Waals surface area (Å²) in [5, 5.41) is 7.67. The Kier molecular flexibility index (Phi) is 2.47. The number of benzene rings is 1.